The van der Waals surface area contributed by atoms with Crippen molar-refractivity contribution in [1.29, 1.82) is 0 Å². The smallest absolute Gasteiger partial charge is 0.0565 e. The highest BCUT2D eigenvalue weighted by atomic mass is 16.3. The zero-order valence-corrected chi connectivity index (χ0v) is 6.72. The van der Waals surface area contributed by atoms with Crippen molar-refractivity contribution in [3.8, 4) is 0 Å². The first-order valence-electron chi connectivity index (χ1n) is 3.90. The molecule has 0 saturated carbocycles. The molecule has 1 heteroatoms. The third-order valence-corrected chi connectivity index (χ3v) is 1.89. The van der Waals surface area contributed by atoms with E-state index in [1.807, 2.05) is 0 Å². The molecule has 0 fully saturated rings. The van der Waals surface area contributed by atoms with Crippen LogP contribution in [0.2, 0.25) is 0 Å². The Kier molecular flexibility index (Phi) is 4.78. The van der Waals surface area contributed by atoms with Gasteiger partial charge in [0.25, 0.3) is 0 Å². The molecule has 1 nitrogen and oxygen atoms in total. The third-order valence-electron chi connectivity index (χ3n) is 1.89. The zero-order chi connectivity index (χ0) is 7.28. The van der Waals surface area contributed by atoms with Crippen molar-refractivity contribution in [3.05, 3.63) is 0 Å². The van der Waals surface area contributed by atoms with Gasteiger partial charge in [0.15, 0.2) is 0 Å². The fourth-order valence-corrected chi connectivity index (χ4v) is 0.852. The molecule has 56 valence electrons. The van der Waals surface area contributed by atoms with E-state index < -0.39 is 0 Å². The molecular formula is C8H18O. The van der Waals surface area contributed by atoms with Gasteiger partial charge in [0.1, 0.15) is 0 Å². The molecule has 0 saturated heterocycles. The second-order valence-electron chi connectivity index (χ2n) is 2.74. The van der Waals surface area contributed by atoms with Crippen LogP contribution < -0.4 is 0 Å². The van der Waals surface area contributed by atoms with Crippen molar-refractivity contribution in [2.24, 2.45) is 5.92 Å². The van der Waals surface area contributed by atoms with E-state index in [0.717, 1.165) is 19.3 Å². The minimum Gasteiger partial charge on any atom is -0.393 e. The molecule has 0 unspecified atom stereocenters. The van der Waals surface area contributed by atoms with Crippen LogP contribution in [0.15, 0.2) is 0 Å². The van der Waals surface area contributed by atoms with E-state index in [1.165, 1.54) is 0 Å². The number of aliphatic hydroxyl groups excluding tert-OH is 1. The van der Waals surface area contributed by atoms with E-state index in [9.17, 15) is 5.11 Å². The molecule has 0 aliphatic rings. The van der Waals surface area contributed by atoms with E-state index in [-0.39, 0.29) is 6.10 Å². The molecule has 0 aliphatic heterocycles. The maximum atomic E-state index is 9.32. The maximum absolute atomic E-state index is 9.32. The zero-order valence-electron chi connectivity index (χ0n) is 6.72. The number of aliphatic hydroxyl groups is 1. The van der Waals surface area contributed by atoms with Gasteiger partial charge in [-0.05, 0) is 12.3 Å². The van der Waals surface area contributed by atoms with Crippen molar-refractivity contribution in [2.75, 3.05) is 0 Å². The standard InChI is InChI=1S/C8H18O/c1-4-6-8(9)7(3)5-2/h7-9H,4-6H2,1-3H3/t7-,8-/m0/s1. The van der Waals surface area contributed by atoms with Crippen molar-refractivity contribution in [3.63, 3.8) is 0 Å². The van der Waals surface area contributed by atoms with Crippen LogP contribution >= 0.6 is 0 Å². The lowest BCUT2D eigenvalue weighted by molar-refractivity contribution is 0.105. The summed E-state index contributed by atoms with van der Waals surface area (Å²) >= 11 is 0. The summed E-state index contributed by atoms with van der Waals surface area (Å²) in [7, 11) is 0. The van der Waals surface area contributed by atoms with Gasteiger partial charge < -0.3 is 5.11 Å². The Hall–Kier alpha value is -0.0400. The lowest BCUT2D eigenvalue weighted by atomic mass is 9.98. The van der Waals surface area contributed by atoms with Gasteiger partial charge in [0, 0.05) is 0 Å². The molecule has 0 aromatic carbocycles. The SMILES string of the molecule is CCC[C@H](O)[C@@H](C)CC. The van der Waals surface area contributed by atoms with Crippen LogP contribution in [-0.4, -0.2) is 11.2 Å². The molecule has 0 heterocycles. The van der Waals surface area contributed by atoms with Crippen LogP contribution in [0.3, 0.4) is 0 Å². The van der Waals surface area contributed by atoms with E-state index in [4.69, 9.17) is 0 Å². The van der Waals surface area contributed by atoms with Gasteiger partial charge >= 0.3 is 0 Å². The summed E-state index contributed by atoms with van der Waals surface area (Å²) in [5.74, 6) is 0.477. The first kappa shape index (κ1) is 8.96. The Morgan fingerprint density at radius 2 is 1.89 bits per heavy atom. The van der Waals surface area contributed by atoms with Crippen molar-refractivity contribution >= 4 is 0 Å². The summed E-state index contributed by atoms with van der Waals surface area (Å²) in [5, 5.41) is 9.32. The Balaban J connectivity index is 3.32. The normalized spacial score (nSPS) is 17.3. The average molecular weight is 130 g/mol. The minimum atomic E-state index is -0.0694. The highest BCUT2D eigenvalue weighted by molar-refractivity contribution is 4.61. The highest BCUT2D eigenvalue weighted by Crippen LogP contribution is 2.11. The number of hydrogen-bond acceptors (Lipinski definition) is 1. The third kappa shape index (κ3) is 3.52. The molecule has 0 aromatic heterocycles. The first-order valence-corrected chi connectivity index (χ1v) is 3.90. The molecular weight excluding hydrogens is 112 g/mol. The van der Waals surface area contributed by atoms with E-state index in [1.54, 1.807) is 0 Å². The Morgan fingerprint density at radius 1 is 1.33 bits per heavy atom. The molecule has 0 spiro atoms. The first-order chi connectivity index (χ1) is 4.22. The second-order valence-corrected chi connectivity index (χ2v) is 2.74. The maximum Gasteiger partial charge on any atom is 0.0565 e. The van der Waals surface area contributed by atoms with Gasteiger partial charge in [-0.3, -0.25) is 0 Å². The number of rotatable bonds is 4. The molecule has 0 aliphatic carbocycles. The van der Waals surface area contributed by atoms with Crippen LogP contribution in [0, 0.1) is 5.92 Å². The minimum absolute atomic E-state index is 0.0694. The molecule has 0 rings (SSSR count). The molecule has 0 bridgehead atoms. The van der Waals surface area contributed by atoms with Crippen LogP contribution in [0.5, 0.6) is 0 Å². The van der Waals surface area contributed by atoms with E-state index in [2.05, 4.69) is 20.8 Å². The average Bonchev–Trinajstić information content (AvgIpc) is 1.87. The topological polar surface area (TPSA) is 20.2 Å². The molecule has 0 radical (unpaired) electrons. The summed E-state index contributed by atoms with van der Waals surface area (Å²) in [6.07, 6.45) is 3.06. The van der Waals surface area contributed by atoms with Crippen molar-refractivity contribution < 1.29 is 5.11 Å². The Morgan fingerprint density at radius 3 is 2.22 bits per heavy atom. The van der Waals surface area contributed by atoms with E-state index in [0.29, 0.717) is 5.92 Å². The van der Waals surface area contributed by atoms with Gasteiger partial charge in [-0.1, -0.05) is 33.6 Å². The van der Waals surface area contributed by atoms with Crippen LogP contribution in [0.1, 0.15) is 40.0 Å². The summed E-state index contributed by atoms with van der Waals surface area (Å²) in [4.78, 5) is 0. The Bertz CT molecular complexity index is 61.6. The number of hydrogen-bond donors (Lipinski definition) is 1. The van der Waals surface area contributed by atoms with Gasteiger partial charge in [-0.2, -0.15) is 0 Å². The largest absolute Gasteiger partial charge is 0.393 e. The summed E-state index contributed by atoms with van der Waals surface area (Å²) < 4.78 is 0. The quantitative estimate of drug-likeness (QED) is 0.618. The molecule has 1 N–H and O–H groups in total. The van der Waals surface area contributed by atoms with Crippen LogP contribution in [0.25, 0.3) is 0 Å². The van der Waals surface area contributed by atoms with Crippen molar-refractivity contribution in [1.82, 2.24) is 0 Å². The van der Waals surface area contributed by atoms with Crippen LogP contribution in [-0.2, 0) is 0 Å². The van der Waals surface area contributed by atoms with Gasteiger partial charge in [0.05, 0.1) is 6.10 Å². The van der Waals surface area contributed by atoms with Crippen LogP contribution in [0.4, 0.5) is 0 Å². The summed E-state index contributed by atoms with van der Waals surface area (Å²) in [5.41, 5.74) is 0. The lowest BCUT2D eigenvalue weighted by Gasteiger charge is -2.15. The summed E-state index contributed by atoms with van der Waals surface area (Å²) in [6.45, 7) is 6.31. The fourth-order valence-electron chi connectivity index (χ4n) is 0.852. The molecule has 0 aromatic rings. The predicted octanol–water partition coefficient (Wildman–Crippen LogP) is 2.19. The van der Waals surface area contributed by atoms with Gasteiger partial charge in [-0.25, -0.2) is 0 Å². The monoisotopic (exact) mass is 130 g/mol. The molecule has 0 amide bonds. The highest BCUT2D eigenvalue weighted by Gasteiger charge is 2.09. The molecule has 9 heavy (non-hydrogen) atoms. The Labute approximate surface area is 58.1 Å². The second kappa shape index (κ2) is 4.80. The van der Waals surface area contributed by atoms with E-state index >= 15 is 0 Å². The van der Waals surface area contributed by atoms with Gasteiger partial charge in [0.2, 0.25) is 0 Å². The van der Waals surface area contributed by atoms with Crippen molar-refractivity contribution in [2.45, 2.75) is 46.1 Å². The lowest BCUT2D eigenvalue weighted by Crippen LogP contribution is -2.15. The predicted molar refractivity (Wildman–Crippen MR) is 40.4 cm³/mol. The molecule has 2 atom stereocenters. The van der Waals surface area contributed by atoms with Gasteiger partial charge in [-0.15, -0.1) is 0 Å². The fraction of sp³-hybridized carbons (Fsp3) is 1.00. The summed E-state index contributed by atoms with van der Waals surface area (Å²) in [6, 6.07) is 0.